The zero-order chi connectivity index (χ0) is 15.1. The van der Waals surface area contributed by atoms with Gasteiger partial charge in [0.25, 0.3) is 0 Å². The molecular formula is C15H11ClN2O2S2. The van der Waals surface area contributed by atoms with Crippen molar-refractivity contribution in [3.05, 3.63) is 38.1 Å². The summed E-state index contributed by atoms with van der Waals surface area (Å²) in [7, 11) is 0. The second-order valence-electron chi connectivity index (χ2n) is 5.03. The molecule has 3 heterocycles. The Morgan fingerprint density at radius 1 is 1.27 bits per heavy atom. The number of carbonyl (C=O) groups excluding carboxylic acids is 1. The van der Waals surface area contributed by atoms with Gasteiger partial charge >= 0.3 is 0 Å². The number of Topliss-reactive ketones (excluding diaryl/α,β-unsaturated/α-hetero) is 1. The maximum absolute atomic E-state index is 12.1. The largest absolute Gasteiger partial charge is 0.469 e. The van der Waals surface area contributed by atoms with Gasteiger partial charge in [0.2, 0.25) is 11.7 Å². The molecule has 7 heteroatoms. The third-order valence-electron chi connectivity index (χ3n) is 3.65. The molecular weight excluding hydrogens is 340 g/mol. The average molecular weight is 351 g/mol. The van der Waals surface area contributed by atoms with E-state index in [1.54, 1.807) is 23.5 Å². The number of nitrogens with zero attached hydrogens (tertiary/aromatic N) is 2. The number of thiophene rings is 2. The molecule has 0 bridgehead atoms. The van der Waals surface area contributed by atoms with Crippen LogP contribution >= 0.6 is 34.3 Å². The van der Waals surface area contributed by atoms with Gasteiger partial charge in [-0.25, -0.2) is 9.97 Å². The molecule has 4 rings (SSSR count). The first-order valence-electron chi connectivity index (χ1n) is 6.89. The first-order valence-corrected chi connectivity index (χ1v) is 8.90. The summed E-state index contributed by atoms with van der Waals surface area (Å²) >= 11 is 8.82. The van der Waals surface area contributed by atoms with E-state index < -0.39 is 0 Å². The highest BCUT2D eigenvalue weighted by Gasteiger charge is 2.22. The summed E-state index contributed by atoms with van der Waals surface area (Å²) in [5, 5.41) is 0.983. The molecule has 1 aliphatic rings. The van der Waals surface area contributed by atoms with E-state index in [2.05, 4.69) is 9.97 Å². The van der Waals surface area contributed by atoms with E-state index in [0.29, 0.717) is 15.1 Å². The molecule has 0 aromatic carbocycles. The zero-order valence-corrected chi connectivity index (χ0v) is 13.9. The predicted octanol–water partition coefficient (Wildman–Crippen LogP) is 4.16. The molecule has 0 aliphatic heterocycles. The number of carbonyl (C=O) groups is 1. The van der Waals surface area contributed by atoms with Crippen LogP contribution < -0.4 is 4.74 Å². The lowest BCUT2D eigenvalue weighted by atomic mass is 10.2. The van der Waals surface area contributed by atoms with Crippen molar-refractivity contribution in [3.63, 3.8) is 0 Å². The Morgan fingerprint density at radius 2 is 2.18 bits per heavy atom. The van der Waals surface area contributed by atoms with Gasteiger partial charge in [0.15, 0.2) is 6.61 Å². The van der Waals surface area contributed by atoms with Crippen molar-refractivity contribution in [2.24, 2.45) is 0 Å². The van der Waals surface area contributed by atoms with E-state index in [9.17, 15) is 4.79 Å². The van der Waals surface area contributed by atoms with Crippen LogP contribution in [-0.2, 0) is 12.8 Å². The van der Waals surface area contributed by atoms with E-state index in [4.69, 9.17) is 16.3 Å². The van der Waals surface area contributed by atoms with Gasteiger partial charge in [0.05, 0.1) is 14.6 Å². The summed E-state index contributed by atoms with van der Waals surface area (Å²) in [6.07, 6.45) is 4.80. The van der Waals surface area contributed by atoms with Gasteiger partial charge < -0.3 is 4.74 Å². The van der Waals surface area contributed by atoms with Crippen molar-refractivity contribution in [2.45, 2.75) is 19.3 Å². The lowest BCUT2D eigenvalue weighted by molar-refractivity contribution is 0.0923. The molecule has 0 spiro atoms. The first kappa shape index (κ1) is 14.1. The van der Waals surface area contributed by atoms with E-state index >= 15 is 0 Å². The Kier molecular flexibility index (Phi) is 3.60. The number of ketones is 1. The number of halogens is 1. The van der Waals surface area contributed by atoms with Gasteiger partial charge in [0.1, 0.15) is 11.2 Å². The second kappa shape index (κ2) is 5.61. The van der Waals surface area contributed by atoms with Crippen molar-refractivity contribution in [2.75, 3.05) is 6.61 Å². The van der Waals surface area contributed by atoms with E-state index in [1.165, 1.54) is 28.1 Å². The summed E-state index contributed by atoms with van der Waals surface area (Å²) in [6.45, 7) is -0.0342. The first-order chi connectivity index (χ1) is 10.7. The van der Waals surface area contributed by atoms with Crippen LogP contribution in [0.15, 0.2) is 18.5 Å². The monoisotopic (exact) mass is 350 g/mol. The van der Waals surface area contributed by atoms with E-state index in [-0.39, 0.29) is 12.4 Å². The molecule has 0 fully saturated rings. The van der Waals surface area contributed by atoms with Crippen LogP contribution in [-0.4, -0.2) is 22.4 Å². The summed E-state index contributed by atoms with van der Waals surface area (Å²) in [4.78, 5) is 23.6. The smallest absolute Gasteiger partial charge is 0.226 e. The van der Waals surface area contributed by atoms with Gasteiger partial charge in [-0.05, 0) is 37.0 Å². The Bertz CT molecular complexity index is 872. The maximum Gasteiger partial charge on any atom is 0.226 e. The van der Waals surface area contributed by atoms with Crippen LogP contribution in [0.4, 0.5) is 0 Å². The Hall–Kier alpha value is -1.50. The van der Waals surface area contributed by atoms with Crippen molar-refractivity contribution in [1.82, 2.24) is 9.97 Å². The topological polar surface area (TPSA) is 52.1 Å². The molecule has 22 heavy (non-hydrogen) atoms. The fraction of sp³-hybridized carbons (Fsp3) is 0.267. The molecule has 3 aromatic rings. The van der Waals surface area contributed by atoms with Crippen LogP contribution in [0.3, 0.4) is 0 Å². The molecule has 0 radical (unpaired) electrons. The van der Waals surface area contributed by atoms with Crippen molar-refractivity contribution < 1.29 is 9.53 Å². The number of ether oxygens (including phenoxy) is 1. The molecule has 1 aliphatic carbocycles. The third kappa shape index (κ3) is 2.41. The SMILES string of the molecule is O=C(COc1ncnc2sc3c(c12)CCC3)c1ccc(Cl)s1. The van der Waals surface area contributed by atoms with Crippen molar-refractivity contribution >= 4 is 50.3 Å². The quantitative estimate of drug-likeness (QED) is 0.663. The highest BCUT2D eigenvalue weighted by molar-refractivity contribution is 7.19. The molecule has 112 valence electrons. The van der Waals surface area contributed by atoms with E-state index in [1.807, 2.05) is 0 Å². The van der Waals surface area contributed by atoms with Crippen molar-refractivity contribution in [3.8, 4) is 5.88 Å². The van der Waals surface area contributed by atoms with Crippen LogP contribution in [0.5, 0.6) is 5.88 Å². The maximum atomic E-state index is 12.1. The highest BCUT2D eigenvalue weighted by Crippen LogP contribution is 2.39. The summed E-state index contributed by atoms with van der Waals surface area (Å²) < 4.78 is 6.30. The average Bonchev–Trinajstić information content (AvgIpc) is 3.19. The molecule has 3 aromatic heterocycles. The summed E-state index contributed by atoms with van der Waals surface area (Å²) in [5.41, 5.74) is 1.29. The standard InChI is InChI=1S/C15H11ClN2O2S2/c16-12-5-4-11(21-12)9(19)6-20-14-13-8-2-1-3-10(8)22-15(13)18-7-17-14/h4-5,7H,1-3,6H2. The lowest BCUT2D eigenvalue weighted by Crippen LogP contribution is -2.11. The second-order valence-corrected chi connectivity index (χ2v) is 7.83. The number of hydrogen-bond acceptors (Lipinski definition) is 6. The number of fused-ring (bicyclic) bond motifs is 3. The van der Waals surface area contributed by atoms with Crippen LogP contribution in [0.2, 0.25) is 4.34 Å². The van der Waals surface area contributed by atoms with E-state index in [0.717, 1.165) is 29.5 Å². The van der Waals surface area contributed by atoms with Crippen LogP contribution in [0.25, 0.3) is 10.2 Å². The molecule has 0 unspecified atom stereocenters. The van der Waals surface area contributed by atoms with Gasteiger partial charge in [-0.2, -0.15) is 0 Å². The molecule has 0 N–H and O–H groups in total. The Balaban J connectivity index is 1.61. The zero-order valence-electron chi connectivity index (χ0n) is 11.5. The van der Waals surface area contributed by atoms with Crippen LogP contribution in [0.1, 0.15) is 26.5 Å². The normalized spacial score (nSPS) is 13.5. The summed E-state index contributed by atoms with van der Waals surface area (Å²) in [6, 6.07) is 3.44. The number of hydrogen-bond donors (Lipinski definition) is 0. The fourth-order valence-electron chi connectivity index (χ4n) is 2.68. The predicted molar refractivity (Wildman–Crippen MR) is 88.6 cm³/mol. The van der Waals surface area contributed by atoms with Crippen molar-refractivity contribution in [1.29, 1.82) is 0 Å². The molecule has 4 nitrogen and oxygen atoms in total. The Morgan fingerprint density at radius 3 is 3.00 bits per heavy atom. The minimum absolute atomic E-state index is 0.0342. The van der Waals surface area contributed by atoms with Gasteiger partial charge in [-0.1, -0.05) is 11.6 Å². The molecule has 0 saturated carbocycles. The van der Waals surface area contributed by atoms with Gasteiger partial charge in [0, 0.05) is 4.88 Å². The lowest BCUT2D eigenvalue weighted by Gasteiger charge is -2.05. The van der Waals surface area contributed by atoms with Gasteiger partial charge in [-0.3, -0.25) is 4.79 Å². The summed E-state index contributed by atoms with van der Waals surface area (Å²) in [5.74, 6) is 0.427. The fourth-order valence-corrected chi connectivity index (χ4v) is 4.87. The number of rotatable bonds is 4. The molecule has 0 saturated heterocycles. The minimum atomic E-state index is -0.0875. The van der Waals surface area contributed by atoms with Crippen LogP contribution in [0, 0.1) is 0 Å². The van der Waals surface area contributed by atoms with Gasteiger partial charge in [-0.15, -0.1) is 22.7 Å². The minimum Gasteiger partial charge on any atom is -0.469 e. The highest BCUT2D eigenvalue weighted by atomic mass is 35.5. The Labute approximate surface area is 139 Å². The third-order valence-corrected chi connectivity index (χ3v) is 6.13. The number of aryl methyl sites for hydroxylation is 2. The number of aromatic nitrogens is 2. The molecule has 0 atom stereocenters. The molecule has 0 amide bonds.